The summed E-state index contributed by atoms with van der Waals surface area (Å²) in [6.07, 6.45) is 3.15. The number of rotatable bonds is 8. The number of methoxy groups -OCH3 is 1. The highest BCUT2D eigenvalue weighted by Crippen LogP contribution is 2.24. The van der Waals surface area contributed by atoms with Crippen LogP contribution in [0.25, 0.3) is 11.6 Å². The number of hydrogen-bond acceptors (Lipinski definition) is 7. The molecule has 3 aromatic rings. The molecule has 0 aliphatic rings. The largest absolute Gasteiger partial charge is 0.497 e. The number of amides is 1. The maximum Gasteiger partial charge on any atom is 0.250 e. The number of furan rings is 1. The van der Waals surface area contributed by atoms with Gasteiger partial charge in [0.2, 0.25) is 0 Å². The third kappa shape index (κ3) is 4.76. The van der Waals surface area contributed by atoms with Gasteiger partial charge in [0.25, 0.3) is 5.91 Å². The summed E-state index contributed by atoms with van der Waals surface area (Å²) in [4.78, 5) is 12.0. The van der Waals surface area contributed by atoms with Crippen LogP contribution in [-0.2, 0) is 11.3 Å². The van der Waals surface area contributed by atoms with Crippen LogP contribution in [-0.4, -0.2) is 39.7 Å². The molecule has 0 saturated heterocycles. The van der Waals surface area contributed by atoms with Crippen molar-refractivity contribution in [3.63, 3.8) is 0 Å². The summed E-state index contributed by atoms with van der Waals surface area (Å²) in [5.74, 6) is 1.95. The lowest BCUT2D eigenvalue weighted by Gasteiger charge is -2.05. The molecular weight excluding hydrogens is 366 g/mol. The first-order valence-electron chi connectivity index (χ1n) is 8.27. The predicted octanol–water partition coefficient (Wildman–Crippen LogP) is 2.81. The van der Waals surface area contributed by atoms with Gasteiger partial charge in [0, 0.05) is 6.54 Å². The Morgan fingerprint density at radius 3 is 3.00 bits per heavy atom. The maximum atomic E-state index is 12.0. The fourth-order valence-electron chi connectivity index (χ4n) is 2.33. The van der Waals surface area contributed by atoms with Crippen LogP contribution in [0, 0.1) is 0 Å². The lowest BCUT2D eigenvalue weighted by atomic mass is 10.2. The fourth-order valence-corrected chi connectivity index (χ4v) is 3.13. The molecule has 1 N–H and O–H groups in total. The summed E-state index contributed by atoms with van der Waals surface area (Å²) in [5.41, 5.74) is 3.33. The predicted molar refractivity (Wildman–Crippen MR) is 103 cm³/mol. The van der Waals surface area contributed by atoms with E-state index in [9.17, 15) is 4.79 Å². The number of hydrazone groups is 1. The van der Waals surface area contributed by atoms with Gasteiger partial charge < -0.3 is 9.15 Å². The van der Waals surface area contributed by atoms with Crippen molar-refractivity contribution in [2.75, 3.05) is 12.9 Å². The van der Waals surface area contributed by atoms with E-state index in [0.29, 0.717) is 23.3 Å². The first-order chi connectivity index (χ1) is 13.2. The van der Waals surface area contributed by atoms with Gasteiger partial charge in [-0.25, -0.2) is 5.43 Å². The zero-order chi connectivity index (χ0) is 19.1. The van der Waals surface area contributed by atoms with Gasteiger partial charge in [-0.05, 0) is 36.8 Å². The molecule has 0 aliphatic heterocycles. The maximum absolute atomic E-state index is 12.0. The molecule has 3 rings (SSSR count). The first kappa shape index (κ1) is 18.7. The van der Waals surface area contributed by atoms with Crippen molar-refractivity contribution in [3.8, 4) is 17.3 Å². The molecule has 1 aromatic carbocycles. The number of benzene rings is 1. The van der Waals surface area contributed by atoms with Gasteiger partial charge in [-0.15, -0.1) is 10.2 Å². The normalized spacial score (nSPS) is 11.0. The van der Waals surface area contributed by atoms with E-state index in [2.05, 4.69) is 20.7 Å². The standard InChI is InChI=1S/C18H19N5O3S/c1-3-23-17(15-8-5-9-26-15)21-22-18(23)27-12-16(24)20-19-11-13-6-4-7-14(10-13)25-2/h4-11H,3,12H2,1-2H3,(H,20,24)/b19-11+. The highest BCUT2D eigenvalue weighted by molar-refractivity contribution is 7.99. The Kier molecular flexibility index (Phi) is 6.26. The van der Waals surface area contributed by atoms with Crippen molar-refractivity contribution >= 4 is 23.9 Å². The Bertz CT molecular complexity index is 921. The van der Waals surface area contributed by atoms with Gasteiger partial charge in [0.15, 0.2) is 16.7 Å². The minimum absolute atomic E-state index is 0.172. The Balaban J connectivity index is 1.55. The number of nitrogens with zero attached hydrogens (tertiary/aromatic N) is 4. The first-order valence-corrected chi connectivity index (χ1v) is 9.25. The smallest absolute Gasteiger partial charge is 0.250 e. The number of hydrogen-bond donors (Lipinski definition) is 1. The molecule has 0 spiro atoms. The Hall–Kier alpha value is -3.07. The van der Waals surface area contributed by atoms with Gasteiger partial charge >= 0.3 is 0 Å². The molecule has 0 radical (unpaired) electrons. The molecule has 140 valence electrons. The molecule has 8 nitrogen and oxygen atoms in total. The molecule has 2 heterocycles. The molecule has 0 atom stereocenters. The van der Waals surface area contributed by atoms with E-state index in [0.717, 1.165) is 11.3 Å². The zero-order valence-corrected chi connectivity index (χ0v) is 15.8. The van der Waals surface area contributed by atoms with Crippen molar-refractivity contribution in [2.45, 2.75) is 18.6 Å². The summed E-state index contributed by atoms with van der Waals surface area (Å²) in [6, 6.07) is 11.0. The van der Waals surface area contributed by atoms with Crippen LogP contribution in [0.1, 0.15) is 12.5 Å². The highest BCUT2D eigenvalue weighted by Gasteiger charge is 2.16. The molecule has 0 unspecified atom stereocenters. The minimum atomic E-state index is -0.232. The van der Waals surface area contributed by atoms with Gasteiger partial charge in [-0.3, -0.25) is 9.36 Å². The SMILES string of the molecule is CCn1c(SCC(=O)N/N=C/c2cccc(OC)c2)nnc1-c1ccco1. The van der Waals surface area contributed by atoms with Crippen LogP contribution in [0.15, 0.2) is 57.3 Å². The van der Waals surface area contributed by atoms with E-state index in [1.54, 1.807) is 25.7 Å². The third-order valence-corrected chi connectivity index (χ3v) is 4.57. The van der Waals surface area contributed by atoms with Gasteiger partial charge in [0.1, 0.15) is 5.75 Å². The molecule has 9 heteroatoms. The van der Waals surface area contributed by atoms with Crippen LogP contribution in [0.2, 0.25) is 0 Å². The molecule has 0 fully saturated rings. The molecular formula is C18H19N5O3S. The second-order valence-corrected chi connectivity index (χ2v) is 6.33. The van der Waals surface area contributed by atoms with Crippen LogP contribution in [0.4, 0.5) is 0 Å². The number of carbonyl (C=O) groups is 1. The van der Waals surface area contributed by atoms with Crippen molar-refractivity contribution in [2.24, 2.45) is 5.10 Å². The van der Waals surface area contributed by atoms with Gasteiger partial charge in [0.05, 0.1) is 25.3 Å². The van der Waals surface area contributed by atoms with Crippen LogP contribution in [0.3, 0.4) is 0 Å². The summed E-state index contributed by atoms with van der Waals surface area (Å²) in [6.45, 7) is 2.65. The summed E-state index contributed by atoms with van der Waals surface area (Å²) in [5, 5.41) is 12.9. The number of carbonyl (C=O) groups excluding carboxylic acids is 1. The van der Waals surface area contributed by atoms with Crippen LogP contribution >= 0.6 is 11.8 Å². The highest BCUT2D eigenvalue weighted by atomic mass is 32.2. The molecule has 2 aromatic heterocycles. The summed E-state index contributed by atoms with van der Waals surface area (Å²) < 4.78 is 12.4. The second-order valence-electron chi connectivity index (χ2n) is 5.39. The number of nitrogens with one attached hydrogen (secondary N) is 1. The molecule has 0 bridgehead atoms. The van der Waals surface area contributed by atoms with E-state index in [-0.39, 0.29) is 11.7 Å². The van der Waals surface area contributed by atoms with E-state index in [4.69, 9.17) is 9.15 Å². The van der Waals surface area contributed by atoms with E-state index in [1.165, 1.54) is 11.8 Å². The van der Waals surface area contributed by atoms with E-state index >= 15 is 0 Å². The fraction of sp³-hybridized carbons (Fsp3) is 0.222. The second kappa shape index (κ2) is 9.04. The van der Waals surface area contributed by atoms with Crippen LogP contribution < -0.4 is 10.2 Å². The molecule has 0 aliphatic carbocycles. The molecule has 1 amide bonds. The monoisotopic (exact) mass is 385 g/mol. The average molecular weight is 385 g/mol. The lowest BCUT2D eigenvalue weighted by Crippen LogP contribution is -2.20. The topological polar surface area (TPSA) is 94.5 Å². The summed E-state index contributed by atoms with van der Waals surface area (Å²) >= 11 is 1.29. The van der Waals surface area contributed by atoms with Crippen LogP contribution in [0.5, 0.6) is 5.75 Å². The third-order valence-electron chi connectivity index (χ3n) is 3.60. The number of ether oxygens (including phenoxy) is 1. The zero-order valence-electron chi connectivity index (χ0n) is 15.0. The molecule has 0 saturated carbocycles. The Labute approximate surface area is 160 Å². The lowest BCUT2D eigenvalue weighted by molar-refractivity contribution is -0.118. The van der Waals surface area contributed by atoms with Crippen molar-refractivity contribution in [1.82, 2.24) is 20.2 Å². The number of thioether (sulfide) groups is 1. The summed E-state index contributed by atoms with van der Waals surface area (Å²) in [7, 11) is 1.60. The Morgan fingerprint density at radius 2 is 2.26 bits per heavy atom. The minimum Gasteiger partial charge on any atom is -0.497 e. The molecule has 27 heavy (non-hydrogen) atoms. The van der Waals surface area contributed by atoms with Gasteiger partial charge in [-0.1, -0.05) is 23.9 Å². The van der Waals surface area contributed by atoms with E-state index < -0.39 is 0 Å². The van der Waals surface area contributed by atoms with Crippen molar-refractivity contribution in [1.29, 1.82) is 0 Å². The Morgan fingerprint density at radius 1 is 1.37 bits per heavy atom. The quantitative estimate of drug-likeness (QED) is 0.364. The van der Waals surface area contributed by atoms with Crippen molar-refractivity contribution < 1.29 is 13.9 Å². The van der Waals surface area contributed by atoms with Crippen molar-refractivity contribution in [3.05, 3.63) is 48.2 Å². The average Bonchev–Trinajstić information content (AvgIpc) is 3.35. The van der Waals surface area contributed by atoms with Gasteiger partial charge in [-0.2, -0.15) is 5.10 Å². The number of aromatic nitrogens is 3. The van der Waals surface area contributed by atoms with E-state index in [1.807, 2.05) is 41.8 Å².